The van der Waals surface area contributed by atoms with Crippen molar-refractivity contribution < 1.29 is 9.53 Å². The molecule has 14 heavy (non-hydrogen) atoms. The van der Waals surface area contributed by atoms with Crippen LogP contribution in [0.4, 0.5) is 0 Å². The number of carbonyl (C=O) groups is 1. The quantitative estimate of drug-likeness (QED) is 0.701. The Morgan fingerprint density at radius 3 is 2.64 bits per heavy atom. The summed E-state index contributed by atoms with van der Waals surface area (Å²) >= 11 is 0. The van der Waals surface area contributed by atoms with Crippen molar-refractivity contribution in [3.05, 3.63) is 0 Å². The minimum absolute atomic E-state index is 0.0396. The van der Waals surface area contributed by atoms with Crippen LogP contribution in [-0.4, -0.2) is 25.2 Å². The largest absolute Gasteiger partial charge is 0.466 e. The first kappa shape index (κ1) is 11.5. The summed E-state index contributed by atoms with van der Waals surface area (Å²) in [7, 11) is 0. The van der Waals surface area contributed by atoms with Crippen molar-refractivity contribution in [2.24, 2.45) is 11.8 Å². The van der Waals surface area contributed by atoms with Gasteiger partial charge in [0.15, 0.2) is 0 Å². The molecule has 1 saturated heterocycles. The van der Waals surface area contributed by atoms with Crippen LogP contribution in [0.2, 0.25) is 0 Å². The third-order valence-electron chi connectivity index (χ3n) is 2.88. The fourth-order valence-corrected chi connectivity index (χ4v) is 1.91. The minimum Gasteiger partial charge on any atom is -0.466 e. The average Bonchev–Trinajstić information content (AvgIpc) is 2.18. The Hall–Kier alpha value is -0.570. The second kappa shape index (κ2) is 5.35. The maximum atomic E-state index is 11.4. The van der Waals surface area contributed by atoms with E-state index in [9.17, 15) is 4.79 Å². The first-order chi connectivity index (χ1) is 6.65. The second-order valence-corrected chi connectivity index (χ2v) is 4.29. The highest BCUT2D eigenvalue weighted by Crippen LogP contribution is 2.19. The molecular weight excluding hydrogens is 178 g/mol. The van der Waals surface area contributed by atoms with Gasteiger partial charge in [-0.05, 0) is 25.7 Å². The van der Waals surface area contributed by atoms with Gasteiger partial charge in [0.1, 0.15) is 0 Å². The molecule has 0 aliphatic carbocycles. The van der Waals surface area contributed by atoms with Gasteiger partial charge in [-0.2, -0.15) is 0 Å². The standard InChI is InChI=1S/C11H21NO2/c1-4-14-11(13)9-5-6-10(8(2)3)12-7-9/h8-10,12H,4-7H2,1-3H3/t9-,10-/m0/s1. The molecule has 0 aromatic rings. The molecule has 0 saturated carbocycles. The highest BCUT2D eigenvalue weighted by atomic mass is 16.5. The summed E-state index contributed by atoms with van der Waals surface area (Å²) in [6.07, 6.45) is 2.05. The van der Waals surface area contributed by atoms with Gasteiger partial charge in [-0.1, -0.05) is 13.8 Å². The van der Waals surface area contributed by atoms with E-state index in [1.165, 1.54) is 0 Å². The predicted octanol–water partition coefficient (Wildman–Crippen LogP) is 1.57. The molecule has 1 rings (SSSR count). The molecule has 0 spiro atoms. The Kier molecular flexibility index (Phi) is 4.39. The summed E-state index contributed by atoms with van der Waals surface area (Å²) in [5, 5.41) is 3.41. The van der Waals surface area contributed by atoms with Gasteiger partial charge >= 0.3 is 5.97 Å². The Morgan fingerprint density at radius 2 is 2.21 bits per heavy atom. The van der Waals surface area contributed by atoms with Crippen molar-refractivity contribution in [3.8, 4) is 0 Å². The first-order valence-electron chi connectivity index (χ1n) is 5.55. The number of ether oxygens (including phenoxy) is 1. The lowest BCUT2D eigenvalue weighted by Crippen LogP contribution is -2.44. The van der Waals surface area contributed by atoms with E-state index in [0.717, 1.165) is 19.4 Å². The number of rotatable bonds is 3. The molecular formula is C11H21NO2. The zero-order chi connectivity index (χ0) is 10.6. The highest BCUT2D eigenvalue weighted by molar-refractivity contribution is 5.72. The van der Waals surface area contributed by atoms with Crippen LogP contribution in [0.3, 0.4) is 0 Å². The van der Waals surface area contributed by atoms with E-state index >= 15 is 0 Å². The number of nitrogens with one attached hydrogen (secondary N) is 1. The molecule has 1 heterocycles. The smallest absolute Gasteiger partial charge is 0.310 e. The summed E-state index contributed by atoms with van der Waals surface area (Å²) < 4.78 is 5.00. The monoisotopic (exact) mass is 199 g/mol. The Bertz CT molecular complexity index is 184. The third-order valence-corrected chi connectivity index (χ3v) is 2.88. The lowest BCUT2D eigenvalue weighted by molar-refractivity contribution is -0.148. The van der Waals surface area contributed by atoms with E-state index in [4.69, 9.17) is 4.74 Å². The SMILES string of the molecule is CCOC(=O)[C@H]1CC[C@@H](C(C)C)NC1. The molecule has 1 fully saturated rings. The van der Waals surface area contributed by atoms with Gasteiger partial charge in [0.2, 0.25) is 0 Å². The summed E-state index contributed by atoms with van der Waals surface area (Å²) in [6.45, 7) is 7.54. The van der Waals surface area contributed by atoms with Crippen LogP contribution >= 0.6 is 0 Å². The van der Waals surface area contributed by atoms with Crippen molar-refractivity contribution in [1.82, 2.24) is 5.32 Å². The highest BCUT2D eigenvalue weighted by Gasteiger charge is 2.27. The number of carbonyl (C=O) groups excluding carboxylic acids is 1. The molecule has 82 valence electrons. The van der Waals surface area contributed by atoms with Gasteiger partial charge in [-0.25, -0.2) is 0 Å². The van der Waals surface area contributed by atoms with Crippen LogP contribution in [-0.2, 0) is 9.53 Å². The van der Waals surface area contributed by atoms with Crippen molar-refractivity contribution in [2.75, 3.05) is 13.2 Å². The van der Waals surface area contributed by atoms with Crippen molar-refractivity contribution in [2.45, 2.75) is 39.7 Å². The molecule has 2 atom stereocenters. The van der Waals surface area contributed by atoms with Crippen LogP contribution in [0.15, 0.2) is 0 Å². The zero-order valence-electron chi connectivity index (χ0n) is 9.38. The van der Waals surface area contributed by atoms with Gasteiger partial charge in [0, 0.05) is 12.6 Å². The lowest BCUT2D eigenvalue weighted by atomic mass is 9.89. The summed E-state index contributed by atoms with van der Waals surface area (Å²) in [5.74, 6) is 0.685. The Labute approximate surface area is 86.2 Å². The average molecular weight is 199 g/mol. The van der Waals surface area contributed by atoms with Crippen LogP contribution in [0.5, 0.6) is 0 Å². The van der Waals surface area contributed by atoms with Gasteiger partial charge < -0.3 is 10.1 Å². The molecule has 0 radical (unpaired) electrons. The summed E-state index contributed by atoms with van der Waals surface area (Å²) in [6, 6.07) is 0.570. The first-order valence-corrected chi connectivity index (χ1v) is 5.55. The number of hydrogen-bond donors (Lipinski definition) is 1. The minimum atomic E-state index is -0.0396. The summed E-state index contributed by atoms with van der Waals surface area (Å²) in [4.78, 5) is 11.4. The fourth-order valence-electron chi connectivity index (χ4n) is 1.91. The maximum absolute atomic E-state index is 11.4. The zero-order valence-corrected chi connectivity index (χ0v) is 9.38. The molecule has 0 amide bonds. The molecule has 1 aliphatic heterocycles. The predicted molar refractivity (Wildman–Crippen MR) is 56.0 cm³/mol. The second-order valence-electron chi connectivity index (χ2n) is 4.29. The van der Waals surface area contributed by atoms with Crippen LogP contribution in [0.25, 0.3) is 0 Å². The van der Waals surface area contributed by atoms with Crippen LogP contribution in [0.1, 0.15) is 33.6 Å². The van der Waals surface area contributed by atoms with Crippen molar-refractivity contribution >= 4 is 5.97 Å². The van der Waals surface area contributed by atoms with Crippen LogP contribution in [0, 0.1) is 11.8 Å². The number of hydrogen-bond acceptors (Lipinski definition) is 3. The lowest BCUT2D eigenvalue weighted by Gasteiger charge is -2.31. The summed E-state index contributed by atoms with van der Waals surface area (Å²) in [5.41, 5.74) is 0. The normalized spacial score (nSPS) is 27.7. The molecule has 0 aromatic heterocycles. The topological polar surface area (TPSA) is 38.3 Å². The Balaban J connectivity index is 2.31. The molecule has 1 aliphatic rings. The van der Waals surface area contributed by atoms with E-state index in [0.29, 0.717) is 18.6 Å². The molecule has 3 nitrogen and oxygen atoms in total. The number of esters is 1. The van der Waals surface area contributed by atoms with Gasteiger partial charge in [-0.3, -0.25) is 4.79 Å². The van der Waals surface area contributed by atoms with E-state index < -0.39 is 0 Å². The Morgan fingerprint density at radius 1 is 1.50 bits per heavy atom. The van der Waals surface area contributed by atoms with Crippen molar-refractivity contribution in [1.29, 1.82) is 0 Å². The van der Waals surface area contributed by atoms with Crippen LogP contribution < -0.4 is 5.32 Å². The van der Waals surface area contributed by atoms with Crippen molar-refractivity contribution in [3.63, 3.8) is 0 Å². The number of piperidine rings is 1. The molecule has 0 bridgehead atoms. The van der Waals surface area contributed by atoms with Gasteiger partial charge in [0.05, 0.1) is 12.5 Å². The van der Waals surface area contributed by atoms with E-state index in [1.807, 2.05) is 6.92 Å². The van der Waals surface area contributed by atoms with E-state index in [1.54, 1.807) is 0 Å². The van der Waals surface area contributed by atoms with Gasteiger partial charge in [-0.15, -0.1) is 0 Å². The molecule has 3 heteroatoms. The maximum Gasteiger partial charge on any atom is 0.310 e. The molecule has 1 N–H and O–H groups in total. The van der Waals surface area contributed by atoms with Gasteiger partial charge in [0.25, 0.3) is 0 Å². The van der Waals surface area contributed by atoms with E-state index in [2.05, 4.69) is 19.2 Å². The molecule has 0 unspecified atom stereocenters. The fraction of sp³-hybridized carbons (Fsp3) is 0.909. The van der Waals surface area contributed by atoms with E-state index in [-0.39, 0.29) is 11.9 Å². The molecule has 0 aromatic carbocycles. The third kappa shape index (κ3) is 2.98.